The lowest BCUT2D eigenvalue weighted by Gasteiger charge is -2.20. The number of thiophene rings is 1. The van der Waals surface area contributed by atoms with Crippen molar-refractivity contribution in [1.29, 1.82) is 0 Å². The molecule has 1 fully saturated rings. The number of hydrogen-bond acceptors (Lipinski definition) is 3. The van der Waals surface area contributed by atoms with Crippen LogP contribution in [0, 0.1) is 13.8 Å². The number of hydrogen-bond donors (Lipinski definition) is 1. The van der Waals surface area contributed by atoms with Gasteiger partial charge in [0.15, 0.2) is 0 Å². The Morgan fingerprint density at radius 2 is 2.11 bits per heavy atom. The van der Waals surface area contributed by atoms with Gasteiger partial charge < -0.3 is 10.0 Å². The van der Waals surface area contributed by atoms with Crippen molar-refractivity contribution < 1.29 is 14.7 Å². The number of nitrogens with zero attached hydrogens (tertiary/aromatic N) is 1. The van der Waals surface area contributed by atoms with Crippen molar-refractivity contribution in [2.75, 3.05) is 6.54 Å². The summed E-state index contributed by atoms with van der Waals surface area (Å²) in [7, 11) is 0. The SMILES string of the molecule is Cc1cc(C(=O)N(CCC(=O)O)C2CC2)sc1C. The molecule has 1 aromatic heterocycles. The first-order chi connectivity index (χ1) is 8.49. The molecule has 0 aliphatic heterocycles. The number of aliphatic carboxylic acids is 1. The van der Waals surface area contributed by atoms with Crippen molar-refractivity contribution in [1.82, 2.24) is 4.90 Å². The summed E-state index contributed by atoms with van der Waals surface area (Å²) in [6.45, 7) is 4.30. The zero-order valence-electron chi connectivity index (χ0n) is 10.6. The standard InChI is InChI=1S/C13H17NO3S/c1-8-7-11(18-9(8)2)13(17)14(10-3-4-10)6-5-12(15)16/h7,10H,3-6H2,1-2H3,(H,15,16). The molecule has 5 heteroatoms. The maximum absolute atomic E-state index is 12.3. The molecule has 0 radical (unpaired) electrons. The Morgan fingerprint density at radius 1 is 1.44 bits per heavy atom. The molecule has 1 aromatic rings. The van der Waals surface area contributed by atoms with E-state index in [-0.39, 0.29) is 18.4 Å². The van der Waals surface area contributed by atoms with Gasteiger partial charge in [0.25, 0.3) is 5.91 Å². The Morgan fingerprint density at radius 3 is 2.56 bits per heavy atom. The molecule has 0 bridgehead atoms. The van der Waals surface area contributed by atoms with E-state index in [0.29, 0.717) is 6.54 Å². The number of carboxylic acids is 1. The van der Waals surface area contributed by atoms with Gasteiger partial charge in [-0.3, -0.25) is 9.59 Å². The fourth-order valence-electron chi connectivity index (χ4n) is 1.87. The van der Waals surface area contributed by atoms with Crippen molar-refractivity contribution >= 4 is 23.2 Å². The largest absolute Gasteiger partial charge is 0.481 e. The van der Waals surface area contributed by atoms with E-state index in [4.69, 9.17) is 5.11 Å². The highest BCUT2D eigenvalue weighted by Crippen LogP contribution is 2.30. The van der Waals surface area contributed by atoms with E-state index in [0.717, 1.165) is 28.2 Å². The molecule has 1 amide bonds. The van der Waals surface area contributed by atoms with Crippen molar-refractivity contribution in [3.63, 3.8) is 0 Å². The number of carboxylic acid groups (broad SMARTS) is 1. The third kappa shape index (κ3) is 2.90. The van der Waals surface area contributed by atoms with Gasteiger partial charge in [-0.05, 0) is 38.3 Å². The average molecular weight is 267 g/mol. The third-order valence-corrected chi connectivity index (χ3v) is 4.33. The highest BCUT2D eigenvalue weighted by Gasteiger charge is 2.33. The number of amides is 1. The van der Waals surface area contributed by atoms with E-state index in [1.165, 1.54) is 11.3 Å². The average Bonchev–Trinajstić information content (AvgIpc) is 3.06. The summed E-state index contributed by atoms with van der Waals surface area (Å²) in [5, 5.41) is 8.73. The van der Waals surface area contributed by atoms with Gasteiger partial charge >= 0.3 is 5.97 Å². The lowest BCUT2D eigenvalue weighted by molar-refractivity contribution is -0.137. The van der Waals surface area contributed by atoms with Crippen LogP contribution in [0.2, 0.25) is 0 Å². The summed E-state index contributed by atoms with van der Waals surface area (Å²) in [6.07, 6.45) is 2.01. The second-order valence-electron chi connectivity index (χ2n) is 4.72. The molecule has 0 unspecified atom stereocenters. The Labute approximate surface area is 110 Å². The van der Waals surface area contributed by atoms with Gasteiger partial charge in [0, 0.05) is 17.5 Å². The lowest BCUT2D eigenvalue weighted by Crippen LogP contribution is -2.34. The number of carbonyl (C=O) groups is 2. The highest BCUT2D eigenvalue weighted by atomic mass is 32.1. The fourth-order valence-corrected chi connectivity index (χ4v) is 2.86. The summed E-state index contributed by atoms with van der Waals surface area (Å²) in [4.78, 5) is 26.6. The predicted octanol–water partition coefficient (Wildman–Crippen LogP) is 2.44. The minimum Gasteiger partial charge on any atom is -0.481 e. The first kappa shape index (κ1) is 13.1. The molecular formula is C13H17NO3S. The first-order valence-electron chi connectivity index (χ1n) is 6.09. The molecule has 1 aliphatic rings. The number of carbonyl (C=O) groups excluding carboxylic acids is 1. The molecule has 1 heterocycles. The molecule has 0 saturated heterocycles. The van der Waals surface area contributed by atoms with Crippen molar-refractivity contribution in [3.05, 3.63) is 21.4 Å². The molecule has 2 rings (SSSR count). The van der Waals surface area contributed by atoms with Crippen LogP contribution in [0.4, 0.5) is 0 Å². The van der Waals surface area contributed by atoms with Crippen LogP contribution in [0.15, 0.2) is 6.07 Å². The summed E-state index contributed by atoms with van der Waals surface area (Å²) < 4.78 is 0. The second-order valence-corrected chi connectivity index (χ2v) is 5.98. The predicted molar refractivity (Wildman–Crippen MR) is 70.1 cm³/mol. The van der Waals surface area contributed by atoms with E-state index in [1.807, 2.05) is 19.9 Å². The van der Waals surface area contributed by atoms with Gasteiger partial charge in [-0.15, -0.1) is 11.3 Å². The molecule has 0 spiro atoms. The zero-order valence-corrected chi connectivity index (χ0v) is 11.4. The van der Waals surface area contributed by atoms with E-state index >= 15 is 0 Å². The molecular weight excluding hydrogens is 250 g/mol. The van der Waals surface area contributed by atoms with Gasteiger partial charge in [-0.1, -0.05) is 0 Å². The summed E-state index contributed by atoms with van der Waals surface area (Å²) in [6, 6.07) is 2.15. The van der Waals surface area contributed by atoms with Gasteiger partial charge in [-0.25, -0.2) is 0 Å². The molecule has 4 nitrogen and oxygen atoms in total. The molecule has 1 N–H and O–H groups in total. The van der Waals surface area contributed by atoms with E-state index in [9.17, 15) is 9.59 Å². The number of aryl methyl sites for hydroxylation is 2. The van der Waals surface area contributed by atoms with Crippen LogP contribution in [0.25, 0.3) is 0 Å². The second kappa shape index (κ2) is 5.10. The smallest absolute Gasteiger partial charge is 0.305 e. The van der Waals surface area contributed by atoms with Crippen LogP contribution >= 0.6 is 11.3 Å². The quantitative estimate of drug-likeness (QED) is 0.891. The van der Waals surface area contributed by atoms with Gasteiger partial charge in [-0.2, -0.15) is 0 Å². The minimum absolute atomic E-state index is 0.0139. The van der Waals surface area contributed by atoms with E-state index < -0.39 is 5.97 Å². The lowest BCUT2D eigenvalue weighted by atomic mass is 10.2. The van der Waals surface area contributed by atoms with Crippen LogP contribution in [0.5, 0.6) is 0 Å². The van der Waals surface area contributed by atoms with Crippen LogP contribution in [-0.2, 0) is 4.79 Å². The Bertz CT molecular complexity index is 457. The summed E-state index contributed by atoms with van der Waals surface area (Å²) in [5.74, 6) is -0.869. The number of rotatable bonds is 5. The maximum Gasteiger partial charge on any atom is 0.305 e. The van der Waals surface area contributed by atoms with Crippen LogP contribution in [-0.4, -0.2) is 34.5 Å². The van der Waals surface area contributed by atoms with Crippen LogP contribution in [0.1, 0.15) is 39.4 Å². The summed E-state index contributed by atoms with van der Waals surface area (Å²) >= 11 is 1.49. The molecule has 18 heavy (non-hydrogen) atoms. The molecule has 98 valence electrons. The Kier molecular flexibility index (Phi) is 3.71. The Balaban J connectivity index is 2.10. The van der Waals surface area contributed by atoms with Crippen molar-refractivity contribution in [2.24, 2.45) is 0 Å². The van der Waals surface area contributed by atoms with Crippen LogP contribution in [0.3, 0.4) is 0 Å². The topological polar surface area (TPSA) is 57.6 Å². The van der Waals surface area contributed by atoms with Crippen molar-refractivity contribution in [2.45, 2.75) is 39.2 Å². The monoisotopic (exact) mass is 267 g/mol. The van der Waals surface area contributed by atoms with Crippen molar-refractivity contribution in [3.8, 4) is 0 Å². The third-order valence-electron chi connectivity index (χ3n) is 3.19. The van der Waals surface area contributed by atoms with Gasteiger partial charge in [0.05, 0.1) is 11.3 Å². The van der Waals surface area contributed by atoms with Gasteiger partial charge in [0.2, 0.25) is 0 Å². The van der Waals surface area contributed by atoms with E-state index in [1.54, 1.807) is 4.90 Å². The molecule has 1 saturated carbocycles. The Hall–Kier alpha value is -1.36. The molecule has 0 atom stereocenters. The first-order valence-corrected chi connectivity index (χ1v) is 6.90. The normalized spacial score (nSPS) is 14.6. The van der Waals surface area contributed by atoms with Gasteiger partial charge in [0.1, 0.15) is 0 Å². The highest BCUT2D eigenvalue weighted by molar-refractivity contribution is 7.14. The fraction of sp³-hybridized carbons (Fsp3) is 0.538. The zero-order chi connectivity index (χ0) is 13.3. The van der Waals surface area contributed by atoms with Crippen LogP contribution < -0.4 is 0 Å². The van der Waals surface area contributed by atoms with E-state index in [2.05, 4.69) is 0 Å². The summed E-state index contributed by atoms with van der Waals surface area (Å²) in [5.41, 5.74) is 1.12. The maximum atomic E-state index is 12.3. The molecule has 0 aromatic carbocycles. The molecule has 1 aliphatic carbocycles. The minimum atomic E-state index is -0.855.